The number of carbonyl (C=O) groups excluding carboxylic acids is 1. The molecule has 1 amide bonds. The molecule has 0 fully saturated rings. The smallest absolute Gasteiger partial charge is 0.257 e. The third kappa shape index (κ3) is 2.75. The number of pyridine rings is 2. The lowest BCUT2D eigenvalue weighted by molar-refractivity contribution is 0.102. The van der Waals surface area contributed by atoms with Crippen molar-refractivity contribution < 1.29 is 4.79 Å². The van der Waals surface area contributed by atoms with Crippen LogP contribution >= 0.6 is 11.6 Å². The third-order valence-corrected chi connectivity index (χ3v) is 2.60. The summed E-state index contributed by atoms with van der Waals surface area (Å²) in [5, 5.41) is 2.95. The van der Waals surface area contributed by atoms with Crippen LogP contribution in [0.4, 0.5) is 11.5 Å². The predicted octanol–water partition coefficient (Wildman–Crippen LogP) is 2.27. The highest BCUT2D eigenvalue weighted by molar-refractivity contribution is 6.33. The topological polar surface area (TPSA) is 80.9 Å². The molecule has 0 saturated heterocycles. The standard InChI is InChI=1S/C12H11ClN4O/c1-7-2-3-9(6-15-7)17-12(18)8-4-10(13)11(14)16-5-8/h2-6H,1H3,(H2,14,16)(H,17,18). The van der Waals surface area contributed by atoms with Crippen molar-refractivity contribution >= 4 is 29.0 Å². The first-order valence-corrected chi connectivity index (χ1v) is 5.59. The molecule has 0 unspecified atom stereocenters. The lowest BCUT2D eigenvalue weighted by atomic mass is 10.2. The Labute approximate surface area is 109 Å². The van der Waals surface area contributed by atoms with E-state index in [1.807, 2.05) is 13.0 Å². The monoisotopic (exact) mass is 262 g/mol. The SMILES string of the molecule is Cc1ccc(NC(=O)c2cnc(N)c(Cl)c2)cn1. The van der Waals surface area contributed by atoms with Gasteiger partial charge in [-0.2, -0.15) is 0 Å². The molecule has 0 atom stereocenters. The number of nitrogen functional groups attached to an aromatic ring is 1. The number of hydrogen-bond donors (Lipinski definition) is 2. The van der Waals surface area contributed by atoms with E-state index in [2.05, 4.69) is 15.3 Å². The average Bonchev–Trinajstić information content (AvgIpc) is 2.35. The van der Waals surface area contributed by atoms with Gasteiger partial charge >= 0.3 is 0 Å². The molecule has 0 aliphatic rings. The lowest BCUT2D eigenvalue weighted by Gasteiger charge is -2.05. The van der Waals surface area contributed by atoms with Crippen LogP contribution in [0.2, 0.25) is 5.02 Å². The summed E-state index contributed by atoms with van der Waals surface area (Å²) in [6.45, 7) is 1.87. The normalized spacial score (nSPS) is 10.1. The van der Waals surface area contributed by atoms with Gasteiger partial charge in [0, 0.05) is 11.9 Å². The van der Waals surface area contributed by atoms with Crippen molar-refractivity contribution in [3.05, 3.63) is 46.9 Å². The van der Waals surface area contributed by atoms with Gasteiger partial charge in [0.2, 0.25) is 0 Å². The Bertz CT molecular complexity index is 583. The Balaban J connectivity index is 2.16. The largest absolute Gasteiger partial charge is 0.382 e. The van der Waals surface area contributed by atoms with Crippen LogP contribution in [0.5, 0.6) is 0 Å². The Hall–Kier alpha value is -2.14. The molecular weight excluding hydrogens is 252 g/mol. The maximum Gasteiger partial charge on any atom is 0.257 e. The number of halogens is 1. The molecule has 0 bridgehead atoms. The van der Waals surface area contributed by atoms with Crippen LogP contribution in [-0.4, -0.2) is 15.9 Å². The van der Waals surface area contributed by atoms with E-state index in [9.17, 15) is 4.79 Å². The zero-order chi connectivity index (χ0) is 13.1. The van der Waals surface area contributed by atoms with Crippen molar-refractivity contribution in [3.8, 4) is 0 Å². The summed E-state index contributed by atoms with van der Waals surface area (Å²) < 4.78 is 0. The van der Waals surface area contributed by atoms with Gasteiger partial charge in [-0.1, -0.05) is 11.6 Å². The number of carbonyl (C=O) groups is 1. The summed E-state index contributed by atoms with van der Waals surface area (Å²) in [7, 11) is 0. The molecule has 0 aliphatic carbocycles. The molecule has 0 aliphatic heterocycles. The number of anilines is 2. The molecule has 3 N–H and O–H groups in total. The minimum atomic E-state index is -0.310. The van der Waals surface area contributed by atoms with Gasteiger partial charge in [0.25, 0.3) is 5.91 Å². The van der Waals surface area contributed by atoms with E-state index in [0.717, 1.165) is 5.69 Å². The first-order valence-electron chi connectivity index (χ1n) is 5.21. The number of nitrogens with one attached hydrogen (secondary N) is 1. The van der Waals surface area contributed by atoms with Crippen molar-refractivity contribution in [2.24, 2.45) is 0 Å². The van der Waals surface area contributed by atoms with Crippen molar-refractivity contribution in [3.63, 3.8) is 0 Å². The molecule has 0 aromatic carbocycles. The molecule has 6 heteroatoms. The van der Waals surface area contributed by atoms with Gasteiger partial charge in [-0.25, -0.2) is 4.98 Å². The summed E-state index contributed by atoms with van der Waals surface area (Å²) in [5.41, 5.74) is 7.31. The van der Waals surface area contributed by atoms with Gasteiger partial charge in [0.05, 0.1) is 22.5 Å². The highest BCUT2D eigenvalue weighted by atomic mass is 35.5. The molecule has 0 saturated carbocycles. The molecule has 0 spiro atoms. The summed E-state index contributed by atoms with van der Waals surface area (Å²) in [5.74, 6) is -0.111. The molecule has 5 nitrogen and oxygen atoms in total. The highest BCUT2D eigenvalue weighted by Crippen LogP contribution is 2.17. The van der Waals surface area contributed by atoms with Gasteiger partial charge < -0.3 is 11.1 Å². The van der Waals surface area contributed by atoms with E-state index in [-0.39, 0.29) is 16.7 Å². The second kappa shape index (κ2) is 5.01. The predicted molar refractivity (Wildman–Crippen MR) is 70.6 cm³/mol. The van der Waals surface area contributed by atoms with E-state index in [0.29, 0.717) is 11.3 Å². The van der Waals surface area contributed by atoms with Crippen LogP contribution in [0.15, 0.2) is 30.6 Å². The van der Waals surface area contributed by atoms with E-state index in [1.165, 1.54) is 12.3 Å². The summed E-state index contributed by atoms with van der Waals surface area (Å²) in [6.07, 6.45) is 2.96. The lowest BCUT2D eigenvalue weighted by Crippen LogP contribution is -2.12. The number of nitrogens with zero attached hydrogens (tertiary/aromatic N) is 2. The first kappa shape index (κ1) is 12.3. The summed E-state index contributed by atoms with van der Waals surface area (Å²) in [6, 6.07) is 5.05. The van der Waals surface area contributed by atoms with Gasteiger partial charge in [-0.05, 0) is 25.1 Å². The van der Waals surface area contributed by atoms with Gasteiger partial charge in [-0.3, -0.25) is 9.78 Å². The molecule has 92 valence electrons. The van der Waals surface area contributed by atoms with E-state index < -0.39 is 0 Å². The van der Waals surface area contributed by atoms with Crippen LogP contribution in [0.1, 0.15) is 16.1 Å². The van der Waals surface area contributed by atoms with Crippen LogP contribution in [0, 0.1) is 6.92 Å². The van der Waals surface area contributed by atoms with Crippen molar-refractivity contribution in [2.45, 2.75) is 6.92 Å². The molecule has 2 rings (SSSR count). The molecule has 18 heavy (non-hydrogen) atoms. The number of amides is 1. The Morgan fingerprint density at radius 3 is 2.72 bits per heavy atom. The molecular formula is C12H11ClN4O. The van der Waals surface area contributed by atoms with Crippen LogP contribution in [-0.2, 0) is 0 Å². The van der Waals surface area contributed by atoms with Crippen molar-refractivity contribution in [1.29, 1.82) is 0 Å². The van der Waals surface area contributed by atoms with Crippen LogP contribution in [0.3, 0.4) is 0 Å². The quantitative estimate of drug-likeness (QED) is 0.870. The van der Waals surface area contributed by atoms with E-state index in [4.69, 9.17) is 17.3 Å². The second-order valence-electron chi connectivity index (χ2n) is 3.73. The summed E-state index contributed by atoms with van der Waals surface area (Å²) >= 11 is 5.80. The fourth-order valence-electron chi connectivity index (χ4n) is 1.32. The molecule has 2 aromatic heterocycles. The fraction of sp³-hybridized carbons (Fsp3) is 0.0833. The molecule has 0 radical (unpaired) electrons. The van der Waals surface area contributed by atoms with Crippen molar-refractivity contribution in [1.82, 2.24) is 9.97 Å². The minimum Gasteiger partial charge on any atom is -0.382 e. The maximum atomic E-state index is 11.9. The third-order valence-electron chi connectivity index (χ3n) is 2.30. The number of rotatable bonds is 2. The average molecular weight is 263 g/mol. The molecule has 2 aromatic rings. The number of aromatic nitrogens is 2. The second-order valence-corrected chi connectivity index (χ2v) is 4.14. The van der Waals surface area contributed by atoms with E-state index in [1.54, 1.807) is 12.3 Å². The summed E-state index contributed by atoms with van der Waals surface area (Å²) in [4.78, 5) is 19.8. The highest BCUT2D eigenvalue weighted by Gasteiger charge is 2.09. The van der Waals surface area contributed by atoms with Crippen LogP contribution in [0.25, 0.3) is 0 Å². The number of hydrogen-bond acceptors (Lipinski definition) is 4. The van der Waals surface area contributed by atoms with Gasteiger partial charge in [0.1, 0.15) is 5.82 Å². The molecule has 2 heterocycles. The Morgan fingerprint density at radius 1 is 1.33 bits per heavy atom. The minimum absolute atomic E-state index is 0.199. The Morgan fingerprint density at radius 2 is 2.11 bits per heavy atom. The zero-order valence-electron chi connectivity index (χ0n) is 9.64. The van der Waals surface area contributed by atoms with Gasteiger partial charge in [-0.15, -0.1) is 0 Å². The van der Waals surface area contributed by atoms with Crippen LogP contribution < -0.4 is 11.1 Å². The van der Waals surface area contributed by atoms with E-state index >= 15 is 0 Å². The zero-order valence-corrected chi connectivity index (χ0v) is 10.4. The number of aryl methyl sites for hydroxylation is 1. The first-order chi connectivity index (χ1) is 8.56. The van der Waals surface area contributed by atoms with Crippen molar-refractivity contribution in [2.75, 3.05) is 11.1 Å². The van der Waals surface area contributed by atoms with Gasteiger partial charge in [0.15, 0.2) is 0 Å². The Kier molecular flexibility index (Phi) is 3.43. The maximum absolute atomic E-state index is 11.9. The number of nitrogens with two attached hydrogens (primary N) is 1. The fourth-order valence-corrected chi connectivity index (χ4v) is 1.48.